The van der Waals surface area contributed by atoms with Gasteiger partial charge in [0.15, 0.2) is 0 Å². The Morgan fingerprint density at radius 1 is 1.17 bits per heavy atom. The second kappa shape index (κ2) is 10.8. The predicted octanol–water partition coefficient (Wildman–Crippen LogP) is 3.15. The highest BCUT2D eigenvalue weighted by Gasteiger charge is 2.33. The first-order valence-electron chi connectivity index (χ1n) is 10.0. The van der Waals surface area contributed by atoms with Crippen molar-refractivity contribution in [2.75, 3.05) is 32.5 Å². The second-order valence-electron chi connectivity index (χ2n) is 7.21. The highest BCUT2D eigenvalue weighted by Crippen LogP contribution is 2.25. The van der Waals surface area contributed by atoms with Crippen LogP contribution in [-0.4, -0.2) is 51.1 Å². The van der Waals surface area contributed by atoms with Gasteiger partial charge < -0.3 is 10.1 Å². The predicted molar refractivity (Wildman–Crippen MR) is 120 cm³/mol. The summed E-state index contributed by atoms with van der Waals surface area (Å²) in [5, 5.41) is 2.97. The Hall–Kier alpha value is -2.03. The van der Waals surface area contributed by atoms with Crippen molar-refractivity contribution in [3.05, 3.63) is 60.2 Å². The molecule has 0 spiro atoms. The molecule has 1 amide bonds. The first-order valence-corrected chi connectivity index (χ1v) is 12.6. The van der Waals surface area contributed by atoms with E-state index in [1.165, 1.54) is 17.0 Å². The van der Waals surface area contributed by atoms with Crippen molar-refractivity contribution in [2.24, 2.45) is 5.92 Å². The van der Waals surface area contributed by atoms with E-state index in [0.717, 1.165) is 11.5 Å². The van der Waals surface area contributed by atoms with Gasteiger partial charge in [-0.05, 0) is 42.7 Å². The fourth-order valence-electron chi connectivity index (χ4n) is 3.43. The number of nitrogens with zero attached hydrogens (tertiary/aromatic N) is 1. The standard InChI is InChI=1S/C22H28N2O4S2/c1-28-20-9-11-21(12-10-20)30(26,27)24-14-5-8-19(16-24)22(25)23-13-15-29-17-18-6-3-2-4-7-18/h2-4,6-7,9-12,19H,5,8,13-17H2,1H3,(H,23,25). The Labute approximate surface area is 183 Å². The molecular formula is C22H28N2O4S2. The molecule has 1 aliphatic heterocycles. The number of benzene rings is 2. The van der Waals surface area contributed by atoms with E-state index in [1.54, 1.807) is 36.0 Å². The molecule has 3 rings (SSSR count). The summed E-state index contributed by atoms with van der Waals surface area (Å²) in [5.74, 6) is 1.96. The van der Waals surface area contributed by atoms with Crippen LogP contribution < -0.4 is 10.1 Å². The normalized spacial score (nSPS) is 17.4. The highest BCUT2D eigenvalue weighted by molar-refractivity contribution is 7.98. The molecule has 30 heavy (non-hydrogen) atoms. The molecule has 1 N–H and O–H groups in total. The van der Waals surface area contributed by atoms with Crippen LogP contribution in [0.2, 0.25) is 0 Å². The SMILES string of the molecule is COc1ccc(S(=O)(=O)N2CCCC(C(=O)NCCSCc3ccccc3)C2)cc1. The molecule has 0 saturated carbocycles. The number of amides is 1. The van der Waals surface area contributed by atoms with Gasteiger partial charge in [0, 0.05) is 31.1 Å². The molecule has 0 aliphatic carbocycles. The van der Waals surface area contributed by atoms with Crippen LogP contribution in [0.3, 0.4) is 0 Å². The maximum absolute atomic E-state index is 12.9. The van der Waals surface area contributed by atoms with Gasteiger partial charge >= 0.3 is 0 Å². The number of ether oxygens (including phenoxy) is 1. The Kier molecular flexibility index (Phi) is 8.18. The number of nitrogens with one attached hydrogen (secondary N) is 1. The van der Waals surface area contributed by atoms with Crippen molar-refractivity contribution in [3.8, 4) is 5.75 Å². The minimum absolute atomic E-state index is 0.0649. The van der Waals surface area contributed by atoms with Crippen molar-refractivity contribution in [3.63, 3.8) is 0 Å². The second-order valence-corrected chi connectivity index (χ2v) is 10.3. The van der Waals surface area contributed by atoms with Crippen molar-refractivity contribution >= 4 is 27.7 Å². The fourth-order valence-corrected chi connectivity index (χ4v) is 5.77. The largest absolute Gasteiger partial charge is 0.497 e. The van der Waals surface area contributed by atoms with Crippen molar-refractivity contribution < 1.29 is 17.9 Å². The molecule has 0 aromatic heterocycles. The van der Waals surface area contributed by atoms with Gasteiger partial charge in [-0.1, -0.05) is 30.3 Å². The average Bonchev–Trinajstić information content (AvgIpc) is 2.79. The van der Waals surface area contributed by atoms with Gasteiger partial charge in [-0.15, -0.1) is 0 Å². The molecule has 1 unspecified atom stereocenters. The quantitative estimate of drug-likeness (QED) is 0.597. The van der Waals surface area contributed by atoms with E-state index < -0.39 is 10.0 Å². The van der Waals surface area contributed by atoms with Gasteiger partial charge in [-0.3, -0.25) is 4.79 Å². The Morgan fingerprint density at radius 2 is 1.90 bits per heavy atom. The Bertz CT molecular complexity index is 918. The molecular weight excluding hydrogens is 420 g/mol. The van der Waals surface area contributed by atoms with Crippen molar-refractivity contribution in [1.29, 1.82) is 0 Å². The molecule has 162 valence electrons. The number of methoxy groups -OCH3 is 1. The summed E-state index contributed by atoms with van der Waals surface area (Å²) in [5.41, 5.74) is 1.26. The first-order chi connectivity index (χ1) is 14.5. The first kappa shape index (κ1) is 22.7. The summed E-state index contributed by atoms with van der Waals surface area (Å²) >= 11 is 1.77. The van der Waals surface area contributed by atoms with Crippen LogP contribution >= 0.6 is 11.8 Å². The minimum Gasteiger partial charge on any atom is -0.497 e. The number of piperidine rings is 1. The third-order valence-corrected chi connectivity index (χ3v) is 8.02. The average molecular weight is 449 g/mol. The van der Waals surface area contributed by atoms with Gasteiger partial charge in [0.1, 0.15) is 5.75 Å². The van der Waals surface area contributed by atoms with E-state index in [0.29, 0.717) is 31.7 Å². The lowest BCUT2D eigenvalue weighted by molar-refractivity contribution is -0.125. The zero-order valence-electron chi connectivity index (χ0n) is 17.1. The molecule has 6 nitrogen and oxygen atoms in total. The molecule has 2 aromatic carbocycles. The number of carbonyl (C=O) groups excluding carboxylic acids is 1. The summed E-state index contributed by atoms with van der Waals surface area (Å²) in [6.45, 7) is 1.24. The zero-order valence-corrected chi connectivity index (χ0v) is 18.8. The smallest absolute Gasteiger partial charge is 0.243 e. The summed E-state index contributed by atoms with van der Waals surface area (Å²) < 4.78 is 32.4. The summed E-state index contributed by atoms with van der Waals surface area (Å²) in [7, 11) is -2.08. The van der Waals surface area contributed by atoms with E-state index in [4.69, 9.17) is 4.74 Å². The molecule has 1 fully saturated rings. The number of sulfonamides is 1. The van der Waals surface area contributed by atoms with E-state index in [1.807, 2.05) is 18.2 Å². The lowest BCUT2D eigenvalue weighted by Gasteiger charge is -2.31. The monoisotopic (exact) mass is 448 g/mol. The summed E-state index contributed by atoms with van der Waals surface area (Å²) in [6, 6.07) is 16.6. The van der Waals surface area contributed by atoms with Crippen molar-refractivity contribution in [2.45, 2.75) is 23.5 Å². The molecule has 8 heteroatoms. The van der Waals surface area contributed by atoms with Crippen LogP contribution in [0.5, 0.6) is 5.75 Å². The molecule has 1 heterocycles. The van der Waals surface area contributed by atoms with Gasteiger partial charge in [0.05, 0.1) is 17.9 Å². The van der Waals surface area contributed by atoms with Gasteiger partial charge in [0.25, 0.3) is 0 Å². The lowest BCUT2D eigenvalue weighted by Crippen LogP contribution is -2.45. The topological polar surface area (TPSA) is 75.7 Å². The molecule has 0 radical (unpaired) electrons. The van der Waals surface area contributed by atoms with E-state index in [2.05, 4.69) is 17.4 Å². The Balaban J connectivity index is 1.47. The fraction of sp³-hybridized carbons (Fsp3) is 0.409. The van der Waals surface area contributed by atoms with Crippen LogP contribution in [0, 0.1) is 5.92 Å². The maximum atomic E-state index is 12.9. The third-order valence-electron chi connectivity index (χ3n) is 5.11. The minimum atomic E-state index is -3.62. The van der Waals surface area contributed by atoms with E-state index in [-0.39, 0.29) is 23.3 Å². The number of rotatable bonds is 9. The molecule has 0 bridgehead atoms. The third kappa shape index (κ3) is 6.00. The molecule has 2 aromatic rings. The molecule has 1 saturated heterocycles. The Morgan fingerprint density at radius 3 is 2.60 bits per heavy atom. The van der Waals surface area contributed by atoms with Gasteiger partial charge in [0.2, 0.25) is 15.9 Å². The van der Waals surface area contributed by atoms with Crippen LogP contribution in [-0.2, 0) is 20.6 Å². The van der Waals surface area contributed by atoms with Crippen molar-refractivity contribution in [1.82, 2.24) is 9.62 Å². The van der Waals surface area contributed by atoms with E-state index >= 15 is 0 Å². The summed E-state index contributed by atoms with van der Waals surface area (Å²) in [6.07, 6.45) is 1.38. The number of carbonyl (C=O) groups is 1. The lowest BCUT2D eigenvalue weighted by atomic mass is 9.99. The van der Waals surface area contributed by atoms with Crippen LogP contribution in [0.1, 0.15) is 18.4 Å². The van der Waals surface area contributed by atoms with Crippen LogP contribution in [0.25, 0.3) is 0 Å². The zero-order chi connectivity index (χ0) is 21.4. The van der Waals surface area contributed by atoms with Gasteiger partial charge in [-0.25, -0.2) is 8.42 Å². The molecule has 1 aliphatic rings. The summed E-state index contributed by atoms with van der Waals surface area (Å²) in [4.78, 5) is 12.8. The number of thioether (sulfide) groups is 1. The molecule has 1 atom stereocenters. The van der Waals surface area contributed by atoms with E-state index in [9.17, 15) is 13.2 Å². The highest BCUT2D eigenvalue weighted by atomic mass is 32.2. The van der Waals surface area contributed by atoms with Crippen LogP contribution in [0.15, 0.2) is 59.5 Å². The number of hydrogen-bond donors (Lipinski definition) is 1. The van der Waals surface area contributed by atoms with Crippen LogP contribution in [0.4, 0.5) is 0 Å². The van der Waals surface area contributed by atoms with Gasteiger partial charge in [-0.2, -0.15) is 16.1 Å². The maximum Gasteiger partial charge on any atom is 0.243 e. The number of hydrogen-bond acceptors (Lipinski definition) is 5.